The summed E-state index contributed by atoms with van der Waals surface area (Å²) in [4.78, 5) is 0. The average molecular weight is 206 g/mol. The lowest BCUT2D eigenvalue weighted by molar-refractivity contribution is 0.208. The molecule has 1 heterocycles. The van der Waals surface area contributed by atoms with Crippen molar-refractivity contribution in [1.29, 1.82) is 0 Å². The van der Waals surface area contributed by atoms with Crippen molar-refractivity contribution < 1.29 is 17.3 Å². The van der Waals surface area contributed by atoms with Gasteiger partial charge in [-0.1, -0.05) is 6.42 Å². The molecule has 0 radical (unpaired) electrons. The SMILES string of the molecule is CS(=O)(=O)OC[C@H]1CCC[C@@H]2O[C@H]12. The minimum absolute atomic E-state index is 0.274. The molecule has 0 amide bonds. The smallest absolute Gasteiger partial charge is 0.264 e. The third-order valence-corrected chi connectivity index (χ3v) is 3.21. The molecule has 1 saturated carbocycles. The van der Waals surface area contributed by atoms with E-state index in [1.54, 1.807) is 0 Å². The second kappa shape index (κ2) is 3.22. The first kappa shape index (κ1) is 9.43. The van der Waals surface area contributed by atoms with Crippen LogP contribution >= 0.6 is 0 Å². The molecule has 0 aromatic carbocycles. The van der Waals surface area contributed by atoms with E-state index in [1.165, 1.54) is 0 Å². The van der Waals surface area contributed by atoms with Gasteiger partial charge in [0.15, 0.2) is 0 Å². The zero-order chi connectivity index (χ0) is 9.47. The standard InChI is InChI=1S/C8H14O4S/c1-13(9,10)11-5-6-3-2-4-7-8(6)12-7/h6-8H,2-5H2,1H3/t6-,7+,8-/m1/s1. The lowest BCUT2D eigenvalue weighted by Gasteiger charge is -2.16. The first-order chi connectivity index (χ1) is 6.06. The van der Waals surface area contributed by atoms with Gasteiger partial charge in [-0.2, -0.15) is 8.42 Å². The summed E-state index contributed by atoms with van der Waals surface area (Å²) in [6, 6.07) is 0. The van der Waals surface area contributed by atoms with Crippen LogP contribution in [0, 0.1) is 5.92 Å². The van der Waals surface area contributed by atoms with Crippen LogP contribution < -0.4 is 0 Å². The third kappa shape index (κ3) is 2.42. The number of hydrogen-bond acceptors (Lipinski definition) is 4. The molecule has 13 heavy (non-hydrogen) atoms. The van der Waals surface area contributed by atoms with Gasteiger partial charge in [-0.15, -0.1) is 0 Å². The number of ether oxygens (including phenoxy) is 1. The molecular formula is C8H14O4S. The van der Waals surface area contributed by atoms with Gasteiger partial charge in [0.25, 0.3) is 10.1 Å². The molecule has 1 saturated heterocycles. The van der Waals surface area contributed by atoms with E-state index in [0.29, 0.717) is 12.7 Å². The Bertz CT molecular complexity index is 285. The number of hydrogen-bond donors (Lipinski definition) is 0. The Balaban J connectivity index is 1.82. The monoisotopic (exact) mass is 206 g/mol. The van der Waals surface area contributed by atoms with Crippen molar-refractivity contribution >= 4 is 10.1 Å². The second-order valence-electron chi connectivity index (χ2n) is 3.82. The molecule has 1 aliphatic heterocycles. The van der Waals surface area contributed by atoms with Crippen molar-refractivity contribution in [1.82, 2.24) is 0 Å². The van der Waals surface area contributed by atoms with Gasteiger partial charge in [-0.05, 0) is 12.8 Å². The predicted octanol–water partition coefficient (Wildman–Crippen LogP) is 0.530. The van der Waals surface area contributed by atoms with Crippen LogP contribution in [-0.4, -0.2) is 33.5 Å². The molecule has 1 aliphatic carbocycles. The third-order valence-electron chi connectivity index (χ3n) is 2.65. The molecule has 2 aliphatic rings. The summed E-state index contributed by atoms with van der Waals surface area (Å²) >= 11 is 0. The maximum Gasteiger partial charge on any atom is 0.264 e. The summed E-state index contributed by atoms with van der Waals surface area (Å²) in [5, 5.41) is 0. The fourth-order valence-corrected chi connectivity index (χ4v) is 2.36. The minimum atomic E-state index is -3.28. The molecule has 0 bridgehead atoms. The quantitative estimate of drug-likeness (QED) is 0.499. The van der Waals surface area contributed by atoms with Crippen molar-refractivity contribution in [2.24, 2.45) is 5.92 Å². The van der Waals surface area contributed by atoms with Gasteiger partial charge in [0.05, 0.1) is 25.1 Å². The summed E-state index contributed by atoms with van der Waals surface area (Å²) in [5.41, 5.74) is 0. The average Bonchev–Trinajstić information content (AvgIpc) is 2.77. The molecule has 0 unspecified atom stereocenters. The molecule has 4 nitrogen and oxygen atoms in total. The maximum atomic E-state index is 10.7. The molecule has 2 fully saturated rings. The summed E-state index contributed by atoms with van der Waals surface area (Å²) in [6.07, 6.45) is 5.02. The largest absolute Gasteiger partial charge is 0.369 e. The van der Waals surface area contributed by atoms with Crippen molar-refractivity contribution in [3.05, 3.63) is 0 Å². The van der Waals surface area contributed by atoms with E-state index < -0.39 is 10.1 Å². The molecule has 3 atom stereocenters. The van der Waals surface area contributed by atoms with Gasteiger partial charge >= 0.3 is 0 Å². The Labute approximate surface area is 78.3 Å². The number of rotatable bonds is 3. The topological polar surface area (TPSA) is 55.9 Å². The molecule has 76 valence electrons. The van der Waals surface area contributed by atoms with Gasteiger partial charge < -0.3 is 4.74 Å². The van der Waals surface area contributed by atoms with Crippen LogP contribution in [0.3, 0.4) is 0 Å². The van der Waals surface area contributed by atoms with Gasteiger partial charge in [0.2, 0.25) is 0 Å². The molecule has 5 heteroatoms. The number of fused-ring (bicyclic) bond motifs is 1. The van der Waals surface area contributed by atoms with Crippen LogP contribution in [0.4, 0.5) is 0 Å². The minimum Gasteiger partial charge on any atom is -0.369 e. The Kier molecular flexibility index (Phi) is 2.33. The van der Waals surface area contributed by atoms with Crippen molar-refractivity contribution in [3.8, 4) is 0 Å². The fraction of sp³-hybridized carbons (Fsp3) is 1.00. The number of epoxide rings is 1. The van der Waals surface area contributed by atoms with Crippen molar-refractivity contribution in [2.45, 2.75) is 31.5 Å². The van der Waals surface area contributed by atoms with E-state index in [4.69, 9.17) is 8.92 Å². The summed E-state index contributed by atoms with van der Waals surface area (Å²) in [5.74, 6) is 0.286. The Morgan fingerprint density at radius 3 is 2.92 bits per heavy atom. The summed E-state index contributed by atoms with van der Waals surface area (Å²) in [6.45, 7) is 0.292. The Hall–Kier alpha value is -0.130. The van der Waals surface area contributed by atoms with E-state index in [9.17, 15) is 8.42 Å². The van der Waals surface area contributed by atoms with Crippen LogP contribution in [0.5, 0.6) is 0 Å². The highest BCUT2D eigenvalue weighted by Gasteiger charge is 2.47. The van der Waals surface area contributed by atoms with Crippen LogP contribution in [0.15, 0.2) is 0 Å². The highest BCUT2D eigenvalue weighted by molar-refractivity contribution is 7.85. The van der Waals surface area contributed by atoms with Crippen molar-refractivity contribution in [3.63, 3.8) is 0 Å². The second-order valence-corrected chi connectivity index (χ2v) is 5.46. The predicted molar refractivity (Wildman–Crippen MR) is 46.8 cm³/mol. The van der Waals surface area contributed by atoms with E-state index in [1.807, 2.05) is 0 Å². The zero-order valence-corrected chi connectivity index (χ0v) is 8.42. The molecule has 0 aromatic rings. The molecule has 0 spiro atoms. The summed E-state index contributed by atoms with van der Waals surface area (Å²) < 4.78 is 31.6. The fourth-order valence-electron chi connectivity index (χ4n) is 1.94. The zero-order valence-electron chi connectivity index (χ0n) is 7.60. The van der Waals surface area contributed by atoms with Crippen molar-refractivity contribution in [2.75, 3.05) is 12.9 Å². The lowest BCUT2D eigenvalue weighted by Crippen LogP contribution is -2.22. The molecule has 0 N–H and O–H groups in total. The first-order valence-corrected chi connectivity index (χ1v) is 6.38. The van der Waals surface area contributed by atoms with Crippen LogP contribution in [0.25, 0.3) is 0 Å². The van der Waals surface area contributed by atoms with E-state index >= 15 is 0 Å². The Morgan fingerprint density at radius 1 is 1.46 bits per heavy atom. The van der Waals surface area contributed by atoms with E-state index in [2.05, 4.69) is 0 Å². The Morgan fingerprint density at radius 2 is 2.23 bits per heavy atom. The van der Waals surface area contributed by atoms with Crippen LogP contribution in [0.1, 0.15) is 19.3 Å². The van der Waals surface area contributed by atoms with Crippen LogP contribution in [-0.2, 0) is 19.0 Å². The van der Waals surface area contributed by atoms with Gasteiger partial charge in [-0.3, -0.25) is 4.18 Å². The highest BCUT2D eigenvalue weighted by atomic mass is 32.2. The lowest BCUT2D eigenvalue weighted by atomic mass is 9.90. The van der Waals surface area contributed by atoms with Crippen LogP contribution in [0.2, 0.25) is 0 Å². The first-order valence-electron chi connectivity index (χ1n) is 4.56. The van der Waals surface area contributed by atoms with E-state index in [0.717, 1.165) is 25.5 Å². The molecule has 2 rings (SSSR count). The molecular weight excluding hydrogens is 192 g/mol. The van der Waals surface area contributed by atoms with Gasteiger partial charge in [0, 0.05) is 5.92 Å². The highest BCUT2D eigenvalue weighted by Crippen LogP contribution is 2.40. The van der Waals surface area contributed by atoms with Gasteiger partial charge in [0.1, 0.15) is 0 Å². The normalized spacial score (nSPS) is 38.4. The molecule has 0 aromatic heterocycles. The summed E-state index contributed by atoms with van der Waals surface area (Å²) in [7, 11) is -3.28. The van der Waals surface area contributed by atoms with Gasteiger partial charge in [-0.25, -0.2) is 0 Å². The maximum absolute atomic E-state index is 10.7. The van der Waals surface area contributed by atoms with E-state index in [-0.39, 0.29) is 12.0 Å².